The molecule has 22 heteroatoms. The van der Waals surface area contributed by atoms with E-state index in [1.807, 2.05) is 0 Å². The number of phenolic OH excluding ortho intramolecular Hbond substituents is 2. The Hall–Kier alpha value is -8.70. The van der Waals surface area contributed by atoms with Gasteiger partial charge in [0.2, 0.25) is 0 Å². The number of halogens is 4. The third-order valence-electron chi connectivity index (χ3n) is 12.6. The van der Waals surface area contributed by atoms with Crippen molar-refractivity contribution in [2.24, 2.45) is 0 Å². The number of carboxylic acid groups (broad SMARTS) is 1. The molecule has 6 N–H and O–H groups in total. The molecule has 12 rings (SSSR count). The topological polar surface area (TPSA) is 262 Å². The summed E-state index contributed by atoms with van der Waals surface area (Å²) in [6.07, 6.45) is 5.58. The molecule has 8 heterocycles. The first-order chi connectivity index (χ1) is 35.7. The number of esters is 1. The molecule has 0 radical (unpaired) electrons. The van der Waals surface area contributed by atoms with Crippen LogP contribution >= 0.6 is 23.2 Å². The fraction of sp³-hybridized carbons (Fsp3) is 0.0741. The second kappa shape index (κ2) is 20.5. The number of nitrogens with one attached hydrogen (secondary N) is 2. The Morgan fingerprint density at radius 3 is 1.55 bits per heavy atom. The number of fused-ring (bicyclic) bond motifs is 8. The van der Waals surface area contributed by atoms with Gasteiger partial charge in [-0.15, -0.1) is 0 Å². The summed E-state index contributed by atoms with van der Waals surface area (Å²) < 4.78 is 49.9. The van der Waals surface area contributed by atoms with Crippen molar-refractivity contribution in [1.82, 2.24) is 29.1 Å². The zero-order valence-corrected chi connectivity index (χ0v) is 41.1. The number of carbonyl (C=O) groups excluding carboxylic acids is 1. The van der Waals surface area contributed by atoms with Crippen LogP contribution in [0.5, 0.6) is 11.5 Å². The van der Waals surface area contributed by atoms with Crippen molar-refractivity contribution >= 4 is 101 Å². The van der Waals surface area contributed by atoms with Gasteiger partial charge in [0.15, 0.2) is 0 Å². The second-order valence-electron chi connectivity index (χ2n) is 16.9. The van der Waals surface area contributed by atoms with E-state index in [1.165, 1.54) is 84.1 Å². The van der Waals surface area contributed by atoms with E-state index < -0.39 is 34.7 Å². The Morgan fingerprint density at radius 2 is 1.12 bits per heavy atom. The first-order valence-corrected chi connectivity index (χ1v) is 23.2. The fourth-order valence-electron chi connectivity index (χ4n) is 9.45. The molecule has 12 aromatic rings. The summed E-state index contributed by atoms with van der Waals surface area (Å²) >= 11 is 13.0. The molecular weight excluding hydrogens is 1020 g/mol. The molecule has 0 amide bonds. The van der Waals surface area contributed by atoms with Crippen molar-refractivity contribution in [1.29, 1.82) is 0 Å². The van der Waals surface area contributed by atoms with Crippen LogP contribution in [0.3, 0.4) is 0 Å². The predicted molar refractivity (Wildman–Crippen MR) is 275 cm³/mol. The van der Waals surface area contributed by atoms with Crippen LogP contribution in [0.1, 0.15) is 39.0 Å². The third-order valence-corrected chi connectivity index (χ3v) is 13.2. The smallest absolute Gasteiger partial charge is 0.870 e. The minimum Gasteiger partial charge on any atom is -0.870 e. The van der Waals surface area contributed by atoms with Gasteiger partial charge >= 0.3 is 30.8 Å². The van der Waals surface area contributed by atoms with E-state index in [2.05, 4.69) is 19.9 Å². The van der Waals surface area contributed by atoms with Gasteiger partial charge in [-0.25, -0.2) is 28.3 Å². The number of H-pyrrole nitrogens is 2. The van der Waals surface area contributed by atoms with E-state index in [0.717, 1.165) is 0 Å². The summed E-state index contributed by atoms with van der Waals surface area (Å²) in [7, 11) is 0. The number of aromatic carboxylic acids is 1. The van der Waals surface area contributed by atoms with E-state index >= 15 is 8.78 Å². The van der Waals surface area contributed by atoms with Gasteiger partial charge in [0.05, 0.1) is 87.0 Å². The van der Waals surface area contributed by atoms with Crippen molar-refractivity contribution in [2.45, 2.75) is 20.0 Å². The molecule has 0 saturated heterocycles. The van der Waals surface area contributed by atoms with Gasteiger partial charge in [-0.1, -0.05) is 23.2 Å². The number of hydrogen-bond donors (Lipinski definition) is 5. The molecule has 76 heavy (non-hydrogen) atoms. The zero-order valence-electron chi connectivity index (χ0n) is 39.6. The molecular formula is C54H35Cl2F2LiN6O11. The SMILES string of the molecule is CCOC(=O)c1c(-c2ccc[nH]c2=O)c2c3occc3c(F)cc2n1Cc1cc2ccc(O)cc2nc1Cl.O=C(O)c1c(-c2ccc[nH]c2=O)c2c3occc3c(F)cc2n1Cc1cc2ccc(O)cc2nc1Cl.[Li+].[OH-]. The van der Waals surface area contributed by atoms with Gasteiger partial charge < -0.3 is 53.5 Å². The molecule has 0 bridgehead atoms. The fourth-order valence-corrected chi connectivity index (χ4v) is 9.86. The number of rotatable bonds is 9. The summed E-state index contributed by atoms with van der Waals surface area (Å²) in [6.45, 7) is 1.67. The van der Waals surface area contributed by atoms with Crippen molar-refractivity contribution in [2.75, 3.05) is 6.61 Å². The van der Waals surface area contributed by atoms with Gasteiger partial charge in [-0.2, -0.15) is 0 Å². The summed E-state index contributed by atoms with van der Waals surface area (Å²) in [4.78, 5) is 65.7. The molecule has 376 valence electrons. The van der Waals surface area contributed by atoms with Gasteiger partial charge in [-0.05, 0) is 91.9 Å². The Labute approximate surface area is 446 Å². The van der Waals surface area contributed by atoms with Crippen molar-refractivity contribution < 1.29 is 71.6 Å². The summed E-state index contributed by atoms with van der Waals surface area (Å²) in [5.41, 5.74) is 2.32. The number of aromatic amines is 2. The first kappa shape index (κ1) is 52.2. The number of furan rings is 2. The number of carbonyl (C=O) groups is 2. The molecule has 8 aromatic heterocycles. The number of aromatic nitrogens is 6. The molecule has 0 fully saturated rings. The maximum atomic E-state index is 15.2. The number of hydrogen-bond acceptors (Lipinski definition) is 12. The number of carboxylic acids is 1. The van der Waals surface area contributed by atoms with E-state index in [0.29, 0.717) is 49.2 Å². The monoisotopic (exact) mass is 1060 g/mol. The van der Waals surface area contributed by atoms with Crippen LogP contribution in [0.2, 0.25) is 10.3 Å². The van der Waals surface area contributed by atoms with Gasteiger partial charge in [0, 0.05) is 57.6 Å². The van der Waals surface area contributed by atoms with Crippen LogP contribution in [0.25, 0.3) is 87.8 Å². The van der Waals surface area contributed by atoms with Gasteiger partial charge in [0.1, 0.15) is 56.0 Å². The zero-order chi connectivity index (χ0) is 51.7. The minimum absolute atomic E-state index is 0. The molecule has 0 aliphatic rings. The van der Waals surface area contributed by atoms with Crippen LogP contribution in [0.15, 0.2) is 140 Å². The van der Waals surface area contributed by atoms with Crippen LogP contribution in [-0.2, 0) is 17.8 Å². The standard InChI is InChI=1S/C28H19ClFN3O5.C26H15ClFN3O5.Li.H2O/c1-2-37-28(36)24-22(18-4-3-8-31-27(18)35)23-21(12-19(30)17-7-9-38-25(17)23)33(24)13-15-10-14-5-6-16(34)11-20(14)32-26(15)29;27-24-13(8-12-3-4-14(32)9-18(12)30-24)11-31-19-10-17(28)15-5-7-36-23(15)21(19)20(22(31)26(34)35)16-2-1-6-29-25(16)33;;/h3-12,34H,2,13H2,1H3,(H,31,35);1-10,32H,11H2,(H,29,33)(H,34,35);;1H2/q;;+1;/p-1. The summed E-state index contributed by atoms with van der Waals surface area (Å²) in [5.74, 6) is -3.10. The molecule has 0 unspecified atom stereocenters. The number of benzene rings is 4. The first-order valence-electron chi connectivity index (χ1n) is 22.5. The minimum atomic E-state index is -1.32. The van der Waals surface area contributed by atoms with E-state index in [4.69, 9.17) is 36.8 Å². The van der Waals surface area contributed by atoms with Gasteiger partial charge in [0.25, 0.3) is 11.1 Å². The van der Waals surface area contributed by atoms with Crippen molar-refractivity contribution in [3.63, 3.8) is 0 Å². The van der Waals surface area contributed by atoms with E-state index in [-0.39, 0.29) is 127 Å². The van der Waals surface area contributed by atoms with Crippen LogP contribution < -0.4 is 30.0 Å². The Morgan fingerprint density at radius 1 is 0.671 bits per heavy atom. The maximum absolute atomic E-state index is 15.2. The van der Waals surface area contributed by atoms with Crippen molar-refractivity contribution in [3.05, 3.63) is 187 Å². The quantitative estimate of drug-likeness (QED) is 0.0517. The second-order valence-corrected chi connectivity index (χ2v) is 17.6. The molecule has 0 saturated carbocycles. The molecule has 0 aliphatic carbocycles. The number of pyridine rings is 4. The maximum Gasteiger partial charge on any atom is 1.00 e. The van der Waals surface area contributed by atoms with Crippen LogP contribution in [0.4, 0.5) is 8.78 Å². The third kappa shape index (κ3) is 8.89. The normalized spacial score (nSPS) is 11.3. The molecule has 17 nitrogen and oxygen atoms in total. The number of aromatic hydroxyl groups is 2. The molecule has 4 aromatic carbocycles. The average molecular weight is 1060 g/mol. The van der Waals surface area contributed by atoms with Crippen LogP contribution in [0, 0.1) is 11.6 Å². The molecule has 0 atom stereocenters. The Bertz CT molecular complexity index is 4450. The molecule has 0 spiro atoms. The summed E-state index contributed by atoms with van der Waals surface area (Å²) in [6, 6.07) is 24.6. The number of ether oxygens (including phenoxy) is 1. The predicted octanol–water partition coefficient (Wildman–Crippen LogP) is 8.38. The van der Waals surface area contributed by atoms with Crippen molar-refractivity contribution in [3.8, 4) is 33.8 Å². The largest absolute Gasteiger partial charge is 1.00 e. The Kier molecular flexibility index (Phi) is 14.1. The van der Waals surface area contributed by atoms with Gasteiger partial charge in [-0.3, -0.25) is 9.59 Å². The summed E-state index contributed by atoms with van der Waals surface area (Å²) in [5, 5.41) is 32.5. The average Bonchev–Trinajstić information content (AvgIpc) is 4.19. The number of phenols is 2. The van der Waals surface area contributed by atoms with E-state index in [1.54, 1.807) is 54.0 Å². The Balaban J connectivity index is 0.000000181. The van der Waals surface area contributed by atoms with E-state index in [9.17, 15) is 34.5 Å². The number of nitrogens with zero attached hydrogens (tertiary/aromatic N) is 4. The molecule has 0 aliphatic heterocycles. The van der Waals surface area contributed by atoms with Crippen LogP contribution in [-0.4, -0.2) is 68.4 Å².